The second-order valence-corrected chi connectivity index (χ2v) is 9.04. The fourth-order valence-corrected chi connectivity index (χ4v) is 4.74. The molecule has 1 saturated carbocycles. The average Bonchev–Trinajstić information content (AvgIpc) is 3.19. The van der Waals surface area contributed by atoms with Gasteiger partial charge in [-0.15, -0.1) is 11.3 Å². The van der Waals surface area contributed by atoms with Crippen LogP contribution in [0.4, 0.5) is 0 Å². The lowest BCUT2D eigenvalue weighted by Gasteiger charge is -2.31. The second kappa shape index (κ2) is 8.85. The van der Waals surface area contributed by atoms with E-state index in [0.29, 0.717) is 6.54 Å². The molecule has 0 saturated heterocycles. The van der Waals surface area contributed by atoms with Crippen LogP contribution in [0.5, 0.6) is 0 Å². The number of aliphatic imine (C=N–C) groups is 1. The molecule has 1 aromatic rings. The third-order valence-corrected chi connectivity index (χ3v) is 6.21. The molecule has 1 aromatic heterocycles. The van der Waals surface area contributed by atoms with Gasteiger partial charge in [-0.3, -0.25) is 9.79 Å². The van der Waals surface area contributed by atoms with Crippen molar-refractivity contribution in [3.8, 4) is 0 Å². The predicted molar refractivity (Wildman–Crippen MR) is 105 cm³/mol. The van der Waals surface area contributed by atoms with E-state index in [1.54, 1.807) is 23.3 Å². The van der Waals surface area contributed by atoms with Crippen LogP contribution in [-0.2, 0) is 11.2 Å². The number of guanidine groups is 1. The average molecular weight is 415 g/mol. The van der Waals surface area contributed by atoms with Crippen molar-refractivity contribution in [3.63, 3.8) is 0 Å². The molecule has 2 N–H and O–H groups in total. The SMILES string of the molecule is CN=C(NCCc1ccc(Br)s1)NCC1(C(=O)N(C)C)CCCC1. The Morgan fingerprint density at radius 2 is 2.04 bits per heavy atom. The lowest BCUT2D eigenvalue weighted by atomic mass is 9.84. The van der Waals surface area contributed by atoms with E-state index in [1.165, 1.54) is 4.88 Å². The van der Waals surface area contributed by atoms with Crippen LogP contribution < -0.4 is 10.6 Å². The summed E-state index contributed by atoms with van der Waals surface area (Å²) < 4.78 is 1.16. The standard InChI is InChI=1S/C17H27BrN4OS/c1-19-16(20-11-8-13-6-7-14(18)24-13)21-12-17(9-4-5-10-17)15(23)22(2)3/h6-7H,4-5,8-12H2,1-3H3,(H2,19,20,21). The van der Waals surface area contributed by atoms with Crippen molar-refractivity contribution >= 4 is 39.1 Å². The summed E-state index contributed by atoms with van der Waals surface area (Å²) in [7, 11) is 5.45. The zero-order valence-electron chi connectivity index (χ0n) is 14.7. The van der Waals surface area contributed by atoms with Gasteiger partial charge in [-0.25, -0.2) is 0 Å². The Bertz CT molecular complexity index is 579. The Morgan fingerprint density at radius 3 is 2.58 bits per heavy atom. The molecule has 24 heavy (non-hydrogen) atoms. The van der Waals surface area contributed by atoms with Gasteiger partial charge in [0.2, 0.25) is 5.91 Å². The summed E-state index contributed by atoms with van der Waals surface area (Å²) in [5.41, 5.74) is -0.278. The number of nitrogens with one attached hydrogen (secondary N) is 2. The number of thiophene rings is 1. The third-order valence-electron chi connectivity index (χ3n) is 4.53. The van der Waals surface area contributed by atoms with Crippen LogP contribution in [-0.4, -0.2) is 51.0 Å². The molecule has 0 atom stereocenters. The van der Waals surface area contributed by atoms with Gasteiger partial charge >= 0.3 is 0 Å². The Morgan fingerprint density at radius 1 is 1.33 bits per heavy atom. The molecule has 1 aliphatic rings. The minimum atomic E-state index is -0.278. The molecule has 1 heterocycles. The largest absolute Gasteiger partial charge is 0.356 e. The maximum absolute atomic E-state index is 12.6. The van der Waals surface area contributed by atoms with E-state index in [1.807, 2.05) is 14.1 Å². The van der Waals surface area contributed by atoms with Crippen molar-refractivity contribution in [2.45, 2.75) is 32.1 Å². The number of halogens is 1. The molecule has 134 valence electrons. The number of carbonyl (C=O) groups is 1. The van der Waals surface area contributed by atoms with Crippen molar-refractivity contribution in [3.05, 3.63) is 20.8 Å². The van der Waals surface area contributed by atoms with E-state index >= 15 is 0 Å². The first kappa shape index (κ1) is 19.2. The summed E-state index contributed by atoms with van der Waals surface area (Å²) >= 11 is 5.24. The van der Waals surface area contributed by atoms with Crippen molar-refractivity contribution in [1.82, 2.24) is 15.5 Å². The van der Waals surface area contributed by atoms with Crippen LogP contribution in [0, 0.1) is 5.41 Å². The molecule has 0 radical (unpaired) electrons. The van der Waals surface area contributed by atoms with Gasteiger partial charge in [0.15, 0.2) is 5.96 Å². The van der Waals surface area contributed by atoms with Gasteiger partial charge in [-0.05, 0) is 47.3 Å². The monoisotopic (exact) mass is 414 g/mol. The molecule has 2 rings (SSSR count). The lowest BCUT2D eigenvalue weighted by Crippen LogP contribution is -2.49. The highest BCUT2D eigenvalue weighted by Crippen LogP contribution is 2.38. The molecule has 1 aliphatic carbocycles. The van der Waals surface area contributed by atoms with Gasteiger partial charge in [-0.1, -0.05) is 12.8 Å². The van der Waals surface area contributed by atoms with Crippen molar-refractivity contribution in [2.75, 3.05) is 34.2 Å². The fourth-order valence-electron chi connectivity index (χ4n) is 3.26. The van der Waals surface area contributed by atoms with Gasteiger partial charge in [0, 0.05) is 39.1 Å². The zero-order valence-corrected chi connectivity index (χ0v) is 17.1. The van der Waals surface area contributed by atoms with Crippen molar-refractivity contribution in [2.24, 2.45) is 10.4 Å². The number of carbonyl (C=O) groups excluding carboxylic acids is 1. The van der Waals surface area contributed by atoms with Crippen molar-refractivity contribution < 1.29 is 4.79 Å². The van der Waals surface area contributed by atoms with Crippen LogP contribution >= 0.6 is 27.3 Å². The molecule has 5 nitrogen and oxygen atoms in total. The first-order valence-corrected chi connectivity index (χ1v) is 9.98. The fraction of sp³-hybridized carbons (Fsp3) is 0.647. The van der Waals surface area contributed by atoms with E-state index in [4.69, 9.17) is 0 Å². The maximum atomic E-state index is 12.6. The number of amides is 1. The van der Waals surface area contributed by atoms with Gasteiger partial charge in [0.05, 0.1) is 9.20 Å². The topological polar surface area (TPSA) is 56.7 Å². The maximum Gasteiger partial charge on any atom is 0.230 e. The van der Waals surface area contributed by atoms with E-state index in [-0.39, 0.29) is 11.3 Å². The van der Waals surface area contributed by atoms with Crippen LogP contribution in [0.1, 0.15) is 30.6 Å². The Labute approximate surface area is 157 Å². The van der Waals surface area contributed by atoms with Crippen LogP contribution in [0.15, 0.2) is 20.9 Å². The highest BCUT2D eigenvalue weighted by Gasteiger charge is 2.42. The third kappa shape index (κ3) is 4.96. The molecule has 7 heteroatoms. The molecule has 0 spiro atoms. The molecule has 0 aliphatic heterocycles. The van der Waals surface area contributed by atoms with Crippen molar-refractivity contribution in [1.29, 1.82) is 0 Å². The van der Waals surface area contributed by atoms with E-state index in [9.17, 15) is 4.79 Å². The number of rotatable bonds is 6. The van der Waals surface area contributed by atoms with Gasteiger partial charge in [-0.2, -0.15) is 0 Å². The molecular formula is C17H27BrN4OS. The molecule has 1 amide bonds. The Balaban J connectivity index is 1.84. The lowest BCUT2D eigenvalue weighted by molar-refractivity contribution is -0.138. The van der Waals surface area contributed by atoms with E-state index in [2.05, 4.69) is 43.7 Å². The summed E-state index contributed by atoms with van der Waals surface area (Å²) in [6.45, 7) is 1.47. The normalized spacial score (nSPS) is 16.9. The molecule has 1 fully saturated rings. The molecular weight excluding hydrogens is 388 g/mol. The Kier molecular flexibility index (Phi) is 7.10. The first-order valence-electron chi connectivity index (χ1n) is 8.37. The summed E-state index contributed by atoms with van der Waals surface area (Å²) in [6.07, 6.45) is 5.12. The summed E-state index contributed by atoms with van der Waals surface area (Å²) in [4.78, 5) is 19.9. The van der Waals surface area contributed by atoms with Gasteiger partial charge in [0.25, 0.3) is 0 Å². The van der Waals surface area contributed by atoms with E-state index < -0.39 is 0 Å². The Hall–Kier alpha value is -1.08. The van der Waals surface area contributed by atoms with Gasteiger partial charge in [0.1, 0.15) is 0 Å². The van der Waals surface area contributed by atoms with E-state index in [0.717, 1.165) is 48.4 Å². The zero-order chi connectivity index (χ0) is 17.6. The highest BCUT2D eigenvalue weighted by molar-refractivity contribution is 9.11. The minimum absolute atomic E-state index is 0.228. The number of nitrogens with zero attached hydrogens (tertiary/aromatic N) is 2. The van der Waals surface area contributed by atoms with Crippen LogP contribution in [0.25, 0.3) is 0 Å². The van der Waals surface area contributed by atoms with Crippen LogP contribution in [0.2, 0.25) is 0 Å². The minimum Gasteiger partial charge on any atom is -0.356 e. The highest BCUT2D eigenvalue weighted by atomic mass is 79.9. The molecule has 0 unspecified atom stereocenters. The van der Waals surface area contributed by atoms with Crippen LogP contribution in [0.3, 0.4) is 0 Å². The number of hydrogen-bond acceptors (Lipinski definition) is 3. The van der Waals surface area contributed by atoms with Gasteiger partial charge < -0.3 is 15.5 Å². The summed E-state index contributed by atoms with van der Waals surface area (Å²) in [6, 6.07) is 4.21. The molecule has 0 bridgehead atoms. The number of hydrogen-bond donors (Lipinski definition) is 2. The quantitative estimate of drug-likeness (QED) is 0.555. The summed E-state index contributed by atoms with van der Waals surface area (Å²) in [5, 5.41) is 6.71. The smallest absolute Gasteiger partial charge is 0.230 e. The molecule has 0 aromatic carbocycles. The predicted octanol–water partition coefficient (Wildman–Crippen LogP) is 2.87. The second-order valence-electron chi connectivity index (χ2n) is 6.50. The first-order chi connectivity index (χ1) is 11.5. The summed E-state index contributed by atoms with van der Waals surface area (Å²) in [5.74, 6) is 0.995.